The summed E-state index contributed by atoms with van der Waals surface area (Å²) in [5.74, 6) is -1.24. The fourth-order valence-corrected chi connectivity index (χ4v) is 10.6. The molecule has 6 rings (SSSR count). The molecule has 90 heavy (non-hydrogen) atoms. The second-order valence-corrected chi connectivity index (χ2v) is 25.3. The van der Waals surface area contributed by atoms with E-state index < -0.39 is 65.3 Å². The van der Waals surface area contributed by atoms with Gasteiger partial charge in [0.2, 0.25) is 11.8 Å². The molecule has 5 amide bonds. The molecule has 0 radical (unpaired) electrons. The van der Waals surface area contributed by atoms with Gasteiger partial charge in [-0.1, -0.05) is 12.2 Å². The Hall–Kier alpha value is -6.37. The second-order valence-electron chi connectivity index (χ2n) is 25.3. The molecule has 0 saturated carbocycles. The number of ether oxygens (including phenoxy) is 12. The number of amides is 5. The maximum Gasteiger partial charge on any atom is 0.519 e. The summed E-state index contributed by atoms with van der Waals surface area (Å²) in [5.41, 5.74) is 5.26. The lowest BCUT2D eigenvalue weighted by Crippen LogP contribution is -2.64. The Morgan fingerprint density at radius 3 is 1.33 bits per heavy atom. The van der Waals surface area contributed by atoms with Crippen LogP contribution in [0.4, 0.5) is 24.0 Å². The summed E-state index contributed by atoms with van der Waals surface area (Å²) in [6.45, 7) is 29.9. The van der Waals surface area contributed by atoms with Crippen molar-refractivity contribution in [2.24, 2.45) is 5.73 Å². The molecule has 5 N–H and O–H groups in total. The molecule has 0 aromatic carbocycles. The largest absolute Gasteiger partial charge is 0.519 e. The van der Waals surface area contributed by atoms with Crippen molar-refractivity contribution >= 4 is 54.3 Å². The zero-order valence-corrected chi connectivity index (χ0v) is 55.2. The van der Waals surface area contributed by atoms with Crippen molar-refractivity contribution in [3.05, 3.63) is 23.3 Å². The molecular formula is C61H102N8O21. The molecule has 4 heterocycles. The van der Waals surface area contributed by atoms with Crippen LogP contribution in [0.3, 0.4) is 0 Å². The molecule has 0 aromatic heterocycles. The zero-order valence-electron chi connectivity index (χ0n) is 55.2. The predicted molar refractivity (Wildman–Crippen MR) is 325 cm³/mol. The number of morpholine rings is 2. The SMILES string of the molecule is CC(C)(C)OC(=O)OC(=O)OC(C)(C)C.CCOC(=O)C1=C[C@@H](N2CCC[C@H](OCCOC(=O)N3CCOCC3)C2)[C@H](NC(C)=O)[C@@H](N)C1.CCOC(=O)C1=C[C@@H](N2CCC[C@H](OCCOC(=O)N3CCOCC3)C2)[C@H](NC(C)=O)[C@@H](NC(=O)OC(C)(C)C)C1. The number of piperidine rings is 2. The quantitative estimate of drug-likeness (QED) is 0.0674. The van der Waals surface area contributed by atoms with Gasteiger partial charge in [-0.25, -0.2) is 33.6 Å². The van der Waals surface area contributed by atoms with E-state index in [2.05, 4.69) is 30.5 Å². The van der Waals surface area contributed by atoms with E-state index in [1.54, 1.807) is 86.0 Å². The van der Waals surface area contributed by atoms with Crippen molar-refractivity contribution < 1.29 is 100.0 Å². The Bertz CT molecular complexity index is 2390. The summed E-state index contributed by atoms with van der Waals surface area (Å²) in [5, 5.41) is 8.83. The molecule has 0 aromatic rings. The van der Waals surface area contributed by atoms with Crippen molar-refractivity contribution in [3.63, 3.8) is 0 Å². The van der Waals surface area contributed by atoms with Crippen molar-refractivity contribution in [1.29, 1.82) is 0 Å². The number of nitrogens with one attached hydrogen (secondary N) is 3. The van der Waals surface area contributed by atoms with Gasteiger partial charge in [0, 0.05) is 76.7 Å². The van der Waals surface area contributed by atoms with Crippen LogP contribution in [0.5, 0.6) is 0 Å². The Morgan fingerprint density at radius 1 is 0.533 bits per heavy atom. The number of rotatable bonds is 17. The van der Waals surface area contributed by atoms with Crippen molar-refractivity contribution in [3.8, 4) is 0 Å². The fraction of sp³-hybridized carbons (Fsp3) is 0.787. The molecule has 29 nitrogen and oxygen atoms in total. The van der Waals surface area contributed by atoms with Crippen LogP contribution < -0.4 is 21.7 Å². The first-order valence-corrected chi connectivity index (χ1v) is 31.2. The van der Waals surface area contributed by atoms with Crippen LogP contribution in [0.1, 0.15) is 129 Å². The number of hydrogen-bond acceptors (Lipinski definition) is 24. The van der Waals surface area contributed by atoms with Crippen molar-refractivity contribution in [2.75, 3.05) is 118 Å². The average molecular weight is 1280 g/mol. The van der Waals surface area contributed by atoms with Gasteiger partial charge in [0.15, 0.2) is 0 Å². The van der Waals surface area contributed by atoms with E-state index in [-0.39, 0.29) is 87.1 Å². The van der Waals surface area contributed by atoms with Gasteiger partial charge >= 0.3 is 42.5 Å². The molecule has 0 spiro atoms. The van der Waals surface area contributed by atoms with Gasteiger partial charge in [0.25, 0.3) is 0 Å². The highest BCUT2D eigenvalue weighted by Crippen LogP contribution is 2.30. The van der Waals surface area contributed by atoms with E-state index in [4.69, 9.17) is 57.8 Å². The molecule has 2 aliphatic carbocycles. The summed E-state index contributed by atoms with van der Waals surface area (Å²) >= 11 is 0. The molecule has 4 saturated heterocycles. The zero-order chi connectivity index (χ0) is 66.8. The van der Waals surface area contributed by atoms with Gasteiger partial charge in [0.05, 0.1) is 95.3 Å². The lowest BCUT2D eigenvalue weighted by molar-refractivity contribution is -0.139. The normalized spacial score (nSPS) is 24.2. The van der Waals surface area contributed by atoms with E-state index in [1.165, 1.54) is 13.8 Å². The summed E-state index contributed by atoms with van der Waals surface area (Å²) in [7, 11) is 0. The number of nitrogens with zero attached hydrogens (tertiary/aromatic N) is 4. The van der Waals surface area contributed by atoms with Gasteiger partial charge in [-0.2, -0.15) is 0 Å². The van der Waals surface area contributed by atoms with Crippen molar-refractivity contribution in [2.45, 2.75) is 194 Å². The number of carbonyl (C=O) groups is 9. The van der Waals surface area contributed by atoms with Crippen LogP contribution in [-0.2, 0) is 76.0 Å². The van der Waals surface area contributed by atoms with Crippen LogP contribution in [-0.4, -0.2) is 258 Å². The third-order valence-electron chi connectivity index (χ3n) is 14.3. The number of likely N-dealkylation sites (tertiary alicyclic amines) is 2. The molecule has 0 bridgehead atoms. The molecular weight excluding hydrogens is 1180 g/mol. The molecule has 0 unspecified atom stereocenters. The third kappa shape index (κ3) is 28.4. The van der Waals surface area contributed by atoms with E-state index in [0.717, 1.165) is 32.2 Å². The highest BCUT2D eigenvalue weighted by Gasteiger charge is 2.43. The minimum atomic E-state index is -1.06. The number of nitrogens with two attached hydrogens (primary N) is 1. The topological polar surface area (TPSA) is 339 Å². The van der Waals surface area contributed by atoms with Crippen LogP contribution in [0, 0.1) is 0 Å². The van der Waals surface area contributed by atoms with Gasteiger partial charge in [-0.15, -0.1) is 0 Å². The predicted octanol–water partition coefficient (Wildman–Crippen LogP) is 4.50. The minimum absolute atomic E-state index is 0.0496. The number of alkyl carbamates (subject to hydrolysis) is 1. The van der Waals surface area contributed by atoms with Crippen LogP contribution in [0.15, 0.2) is 23.3 Å². The van der Waals surface area contributed by atoms with E-state index in [9.17, 15) is 43.2 Å². The summed E-state index contributed by atoms with van der Waals surface area (Å²) < 4.78 is 63.0. The molecule has 29 heteroatoms. The molecule has 512 valence electrons. The maximum atomic E-state index is 12.8. The monoisotopic (exact) mass is 1280 g/mol. The molecule has 4 fully saturated rings. The lowest BCUT2D eigenvalue weighted by Gasteiger charge is -2.45. The van der Waals surface area contributed by atoms with E-state index >= 15 is 0 Å². The average Bonchev–Trinajstić information content (AvgIpc) is 1.03. The van der Waals surface area contributed by atoms with Crippen LogP contribution in [0.2, 0.25) is 0 Å². The highest BCUT2D eigenvalue weighted by molar-refractivity contribution is 5.90. The van der Waals surface area contributed by atoms with Gasteiger partial charge in [-0.3, -0.25) is 19.4 Å². The van der Waals surface area contributed by atoms with Crippen LogP contribution >= 0.6 is 0 Å². The minimum Gasteiger partial charge on any atom is -0.463 e. The van der Waals surface area contributed by atoms with E-state index in [0.29, 0.717) is 103 Å². The number of hydrogen-bond donors (Lipinski definition) is 4. The first-order chi connectivity index (χ1) is 42.3. The smallest absolute Gasteiger partial charge is 0.463 e. The molecule has 6 aliphatic rings. The highest BCUT2D eigenvalue weighted by atomic mass is 16.8. The van der Waals surface area contributed by atoms with Gasteiger partial charge in [-0.05, 0) is 121 Å². The Balaban J connectivity index is 0.000000318. The number of esters is 2. The summed E-state index contributed by atoms with van der Waals surface area (Å²) in [4.78, 5) is 116. The Morgan fingerprint density at radius 2 is 0.933 bits per heavy atom. The lowest BCUT2D eigenvalue weighted by atomic mass is 9.84. The summed E-state index contributed by atoms with van der Waals surface area (Å²) in [6.07, 6.45) is 4.03. The van der Waals surface area contributed by atoms with Gasteiger partial charge < -0.3 is 88.3 Å². The van der Waals surface area contributed by atoms with E-state index in [1.807, 2.05) is 12.2 Å². The van der Waals surface area contributed by atoms with Gasteiger partial charge in [0.1, 0.15) is 30.0 Å². The summed E-state index contributed by atoms with van der Waals surface area (Å²) in [6, 6.07) is -2.49. The molecule has 4 aliphatic heterocycles. The fourth-order valence-electron chi connectivity index (χ4n) is 10.6. The standard InChI is InChI=1S/C28H46N4O9.C23H38N4O7.C10H18O5/c1-6-38-25(34)20-16-22(30-26(35)41-28(3,4)5)24(29-19(2)33)23(17-20)32-9-7-8-21(18-32)39-14-15-40-27(36)31-10-12-37-13-11-31;1-3-32-22(29)17-13-19(24)21(25-16(2)28)20(14-17)27-6-4-5-18(15-27)33-11-12-34-23(30)26-7-9-31-10-8-26;1-9(2,3)14-7(11)13-8(12)15-10(4,5)6/h17,21-24H,6-16,18H2,1-5H3,(H,29,33)(H,30,35);14,18-21H,3-13,15,24H2,1-2H3,(H,25,28);1-6H3/t21-,22-,23+,24+;18-,19-,20+,21+;/m00./s1. The van der Waals surface area contributed by atoms with Crippen LogP contribution in [0.25, 0.3) is 0 Å². The Kier molecular flexibility index (Phi) is 31.5. The third-order valence-corrected chi connectivity index (χ3v) is 14.3. The molecule has 8 atom stereocenters. The Labute approximate surface area is 529 Å². The first kappa shape index (κ1) is 76.1. The number of carbonyl (C=O) groups excluding carboxylic acids is 9. The maximum absolute atomic E-state index is 12.8. The first-order valence-electron chi connectivity index (χ1n) is 31.2. The second kappa shape index (κ2) is 37.2. The van der Waals surface area contributed by atoms with Crippen molar-refractivity contribution in [1.82, 2.24) is 35.6 Å².